The molecule has 1 unspecified atom stereocenters. The molecule has 3 aliphatic heterocycles. The predicted molar refractivity (Wildman–Crippen MR) is 234 cm³/mol. The van der Waals surface area contributed by atoms with Gasteiger partial charge >= 0.3 is 5.69 Å². The molecule has 5 aromatic rings. The molecule has 0 saturated carbocycles. The number of hydrogen-bond donors (Lipinski definition) is 2. The van der Waals surface area contributed by atoms with E-state index in [9.17, 15) is 19.6 Å². The number of rotatable bonds is 11. The van der Waals surface area contributed by atoms with E-state index in [2.05, 4.69) is 62.2 Å². The van der Waals surface area contributed by atoms with Gasteiger partial charge in [-0.25, -0.2) is 14.8 Å². The van der Waals surface area contributed by atoms with E-state index in [0.29, 0.717) is 59.5 Å². The monoisotopic (exact) mass is 862 g/mol. The Morgan fingerprint density at radius 1 is 1.02 bits per heavy atom. The second kappa shape index (κ2) is 17.4. The SMILES string of the molecule is C[C@H]1CN(CCOCCN2CCC(c3ccc4c(c3)n(C)c(=O)n4C3CCC(=O)NC3=O)CC2)CCCN1c1nccc(-c2noc([C@@]3(C)CCCc4sc(N)c(C#N)c43)n2)n1. The number of piperidine rings is 2. The molecule has 17 nitrogen and oxygen atoms in total. The summed E-state index contributed by atoms with van der Waals surface area (Å²) in [7, 11) is 1.74. The molecule has 4 aromatic heterocycles. The molecule has 3 atom stereocenters. The van der Waals surface area contributed by atoms with Crippen LogP contribution in [0.1, 0.15) is 98.2 Å². The van der Waals surface area contributed by atoms with Gasteiger partial charge < -0.3 is 24.8 Å². The van der Waals surface area contributed by atoms with Crippen molar-refractivity contribution in [2.24, 2.45) is 7.05 Å². The number of nitriles is 1. The second-order valence-electron chi connectivity index (χ2n) is 17.5. The van der Waals surface area contributed by atoms with Crippen molar-refractivity contribution in [3.63, 3.8) is 0 Å². The van der Waals surface area contributed by atoms with Crippen LogP contribution < -0.4 is 21.6 Å². The molecule has 4 aliphatic rings. The van der Waals surface area contributed by atoms with Gasteiger partial charge in [-0.3, -0.25) is 28.9 Å². The highest BCUT2D eigenvalue weighted by Crippen LogP contribution is 2.48. The number of hydrogen-bond acceptors (Lipinski definition) is 15. The van der Waals surface area contributed by atoms with Crippen molar-refractivity contribution in [2.45, 2.75) is 88.6 Å². The molecule has 3 saturated heterocycles. The fourth-order valence-corrected chi connectivity index (χ4v) is 11.3. The third-order valence-corrected chi connectivity index (χ3v) is 14.6. The van der Waals surface area contributed by atoms with E-state index < -0.39 is 17.4 Å². The van der Waals surface area contributed by atoms with Crippen LogP contribution in [0.25, 0.3) is 22.6 Å². The number of anilines is 2. The summed E-state index contributed by atoms with van der Waals surface area (Å²) in [5.41, 5.74) is 10.2. The molecule has 9 rings (SSSR count). The van der Waals surface area contributed by atoms with E-state index in [4.69, 9.17) is 25.0 Å². The maximum atomic E-state index is 13.2. The smallest absolute Gasteiger partial charge is 0.329 e. The van der Waals surface area contributed by atoms with Crippen LogP contribution in [-0.2, 0) is 33.2 Å². The normalized spacial score (nSPS) is 23.0. The van der Waals surface area contributed by atoms with Crippen molar-refractivity contribution in [3.05, 3.63) is 68.4 Å². The number of nitrogens with zero attached hydrogens (tertiary/aromatic N) is 10. The molecule has 326 valence electrons. The average Bonchev–Trinajstić information content (AvgIpc) is 3.93. The van der Waals surface area contributed by atoms with Gasteiger partial charge in [-0.2, -0.15) is 10.2 Å². The van der Waals surface area contributed by atoms with Gasteiger partial charge in [-0.05, 0) is 108 Å². The number of nitrogens with one attached hydrogen (secondary N) is 1. The van der Waals surface area contributed by atoms with Gasteiger partial charge in [0.1, 0.15) is 22.8 Å². The molecule has 1 aliphatic carbocycles. The van der Waals surface area contributed by atoms with Crippen LogP contribution in [0, 0.1) is 11.3 Å². The molecule has 18 heteroatoms. The Balaban J connectivity index is 0.737. The molecular formula is C44H54N12O5S. The van der Waals surface area contributed by atoms with Gasteiger partial charge in [-0.1, -0.05) is 11.2 Å². The zero-order valence-electron chi connectivity index (χ0n) is 35.6. The highest BCUT2D eigenvalue weighted by molar-refractivity contribution is 7.16. The number of amides is 2. The van der Waals surface area contributed by atoms with Gasteiger partial charge in [0.25, 0.3) is 0 Å². The van der Waals surface area contributed by atoms with Crippen molar-refractivity contribution < 1.29 is 18.8 Å². The largest absolute Gasteiger partial charge is 0.389 e. The third-order valence-electron chi connectivity index (χ3n) is 13.5. The van der Waals surface area contributed by atoms with E-state index in [1.165, 1.54) is 16.9 Å². The molecular weight excluding hydrogens is 809 g/mol. The first-order chi connectivity index (χ1) is 30.0. The molecule has 3 fully saturated rings. The Morgan fingerprint density at radius 2 is 1.82 bits per heavy atom. The first-order valence-electron chi connectivity index (χ1n) is 21.9. The van der Waals surface area contributed by atoms with E-state index in [1.807, 2.05) is 12.1 Å². The zero-order valence-corrected chi connectivity index (χ0v) is 36.5. The molecule has 2 amide bonds. The number of thiophene rings is 1. The fourth-order valence-electron chi connectivity index (χ4n) is 10.1. The summed E-state index contributed by atoms with van der Waals surface area (Å²) >= 11 is 1.48. The van der Waals surface area contributed by atoms with E-state index >= 15 is 0 Å². The maximum absolute atomic E-state index is 13.2. The highest BCUT2D eigenvalue weighted by Gasteiger charge is 2.43. The van der Waals surface area contributed by atoms with E-state index in [-0.39, 0.29) is 24.1 Å². The zero-order chi connectivity index (χ0) is 43.1. The number of carbonyl (C=O) groups excluding carboxylic acids is 2. The highest BCUT2D eigenvalue weighted by atomic mass is 32.1. The first-order valence-corrected chi connectivity index (χ1v) is 22.7. The third kappa shape index (κ3) is 7.91. The number of nitrogen functional groups attached to an aromatic ring is 1. The van der Waals surface area contributed by atoms with Crippen LogP contribution in [0.2, 0.25) is 0 Å². The van der Waals surface area contributed by atoms with Crippen LogP contribution in [0.3, 0.4) is 0 Å². The predicted octanol–water partition coefficient (Wildman–Crippen LogP) is 4.11. The Kier molecular flexibility index (Phi) is 11.7. The number of likely N-dealkylation sites (tertiary alicyclic amines) is 1. The van der Waals surface area contributed by atoms with Crippen LogP contribution >= 0.6 is 11.3 Å². The topological polar surface area (TPSA) is 207 Å². The number of benzene rings is 1. The summed E-state index contributed by atoms with van der Waals surface area (Å²) < 4.78 is 15.2. The van der Waals surface area contributed by atoms with Crippen LogP contribution in [0.15, 0.2) is 39.8 Å². The minimum absolute atomic E-state index is 0.179. The summed E-state index contributed by atoms with van der Waals surface area (Å²) in [5, 5.41) is 17.2. The number of fused-ring (bicyclic) bond motifs is 2. The van der Waals surface area contributed by atoms with Gasteiger partial charge in [0, 0.05) is 62.3 Å². The number of aromatic nitrogens is 6. The first kappa shape index (κ1) is 41.9. The Labute approximate surface area is 363 Å². The molecule has 3 N–H and O–H groups in total. The van der Waals surface area contributed by atoms with Crippen LogP contribution in [0.4, 0.5) is 10.9 Å². The molecule has 1 aromatic carbocycles. The Hall–Kier alpha value is -5.48. The second-order valence-corrected chi connectivity index (χ2v) is 18.6. The summed E-state index contributed by atoms with van der Waals surface area (Å²) in [5.74, 6) is 1.19. The van der Waals surface area contributed by atoms with E-state index in [1.54, 1.807) is 22.4 Å². The Morgan fingerprint density at radius 3 is 2.61 bits per heavy atom. The van der Waals surface area contributed by atoms with Crippen LogP contribution in [-0.4, -0.2) is 116 Å². The lowest BCUT2D eigenvalue weighted by atomic mass is 9.72. The summed E-state index contributed by atoms with van der Waals surface area (Å²) in [6.07, 6.45) is 7.93. The summed E-state index contributed by atoms with van der Waals surface area (Å²) in [6, 6.07) is 9.77. The standard InChI is InChI=1S/C44H54N12O5S/c1-27-26-54(16-5-17-55(27)42-47-15-11-31(48-42)39-50-41(61-51-39)44(2)14-4-6-35-37(44)30(25-45)38(46)62-35)21-23-60-22-20-53-18-12-28(13-19-53)29-7-8-32-34(24-29)52(3)43(59)56(32)33-9-10-36(57)49-40(33)58/h7-8,11,15,24,27-28,33H,4-6,9-10,12-14,16-23,26,46H2,1-3H3,(H,49,57,58)/t27-,33?,44-/m0/s1. The number of imidazole rings is 1. The number of aryl methyl sites for hydroxylation is 2. The van der Waals surface area contributed by atoms with Gasteiger partial charge in [-0.15, -0.1) is 11.3 Å². The van der Waals surface area contributed by atoms with Gasteiger partial charge in [0.2, 0.25) is 29.5 Å². The molecule has 62 heavy (non-hydrogen) atoms. The maximum Gasteiger partial charge on any atom is 0.329 e. The van der Waals surface area contributed by atoms with Gasteiger partial charge in [0.15, 0.2) is 0 Å². The van der Waals surface area contributed by atoms with Crippen molar-refractivity contribution in [1.82, 2.24) is 44.4 Å². The summed E-state index contributed by atoms with van der Waals surface area (Å²) in [4.78, 5) is 60.3. The van der Waals surface area contributed by atoms with Crippen LogP contribution in [0.5, 0.6) is 0 Å². The molecule has 0 radical (unpaired) electrons. The Bertz CT molecular complexity index is 2580. The quantitative estimate of drug-likeness (QED) is 0.142. The average molecular weight is 863 g/mol. The lowest BCUT2D eigenvalue weighted by Crippen LogP contribution is -2.44. The van der Waals surface area contributed by atoms with Crippen molar-refractivity contribution in [1.29, 1.82) is 5.26 Å². The minimum Gasteiger partial charge on any atom is -0.389 e. The number of carbonyl (C=O) groups is 2. The minimum atomic E-state index is -0.682. The molecule has 7 heterocycles. The summed E-state index contributed by atoms with van der Waals surface area (Å²) in [6.45, 7) is 12.0. The molecule has 0 spiro atoms. The van der Waals surface area contributed by atoms with Gasteiger partial charge in [0.05, 0.1) is 35.2 Å². The lowest BCUT2D eigenvalue weighted by molar-refractivity contribution is -0.135. The van der Waals surface area contributed by atoms with Crippen molar-refractivity contribution in [2.75, 3.05) is 69.7 Å². The lowest BCUT2D eigenvalue weighted by Gasteiger charge is -2.32. The number of imide groups is 1. The molecule has 0 bridgehead atoms. The number of ether oxygens (including phenoxy) is 1. The van der Waals surface area contributed by atoms with Crippen molar-refractivity contribution >= 4 is 45.1 Å². The number of nitrogens with two attached hydrogens (primary N) is 1. The van der Waals surface area contributed by atoms with Crippen molar-refractivity contribution in [3.8, 4) is 17.6 Å². The van der Waals surface area contributed by atoms with E-state index in [0.717, 1.165) is 106 Å². The fraction of sp³-hybridized carbons (Fsp3) is 0.545.